The Labute approximate surface area is 99.6 Å². The monoisotopic (exact) mass is 229 g/mol. The van der Waals surface area contributed by atoms with Gasteiger partial charge in [0.1, 0.15) is 0 Å². The molecule has 16 heavy (non-hydrogen) atoms. The normalized spacial score (nSPS) is 30.6. The number of nitrogens with one attached hydrogen (secondary N) is 1. The summed E-state index contributed by atoms with van der Waals surface area (Å²) in [7, 11) is 0. The first-order valence-corrected chi connectivity index (χ1v) is 6.67. The Kier molecular flexibility index (Phi) is 7.01. The van der Waals surface area contributed by atoms with Gasteiger partial charge in [0.15, 0.2) is 0 Å². The number of aliphatic hydroxyl groups is 1. The molecule has 0 radical (unpaired) electrons. The second kappa shape index (κ2) is 8.04. The highest BCUT2D eigenvalue weighted by atomic mass is 16.5. The van der Waals surface area contributed by atoms with E-state index in [1.54, 1.807) is 0 Å². The molecular weight excluding hydrogens is 202 g/mol. The Morgan fingerprint density at radius 1 is 1.25 bits per heavy atom. The van der Waals surface area contributed by atoms with Crippen molar-refractivity contribution in [2.75, 3.05) is 26.4 Å². The molecule has 3 unspecified atom stereocenters. The van der Waals surface area contributed by atoms with Gasteiger partial charge >= 0.3 is 0 Å². The maximum Gasteiger partial charge on any atom is 0.0697 e. The van der Waals surface area contributed by atoms with Crippen molar-refractivity contribution in [2.45, 2.75) is 45.6 Å². The molecular formula is C13H27NO2. The molecule has 1 aliphatic rings. The van der Waals surface area contributed by atoms with Crippen LogP contribution in [0.1, 0.15) is 39.5 Å². The predicted molar refractivity (Wildman–Crippen MR) is 66.5 cm³/mol. The lowest BCUT2D eigenvalue weighted by Gasteiger charge is -2.34. The molecule has 1 fully saturated rings. The van der Waals surface area contributed by atoms with Crippen LogP contribution in [-0.2, 0) is 4.74 Å². The Hall–Kier alpha value is -0.120. The molecule has 1 aliphatic carbocycles. The highest BCUT2D eigenvalue weighted by Crippen LogP contribution is 2.29. The SMILES string of the molecule is CC1CCCC(NCCCOCCO)C1C. The van der Waals surface area contributed by atoms with Crippen molar-refractivity contribution in [1.82, 2.24) is 5.32 Å². The van der Waals surface area contributed by atoms with Gasteiger partial charge in [-0.2, -0.15) is 0 Å². The van der Waals surface area contributed by atoms with Gasteiger partial charge in [-0.05, 0) is 31.2 Å². The smallest absolute Gasteiger partial charge is 0.0697 e. The third-order valence-corrected chi connectivity index (χ3v) is 3.81. The molecule has 0 saturated heterocycles. The van der Waals surface area contributed by atoms with Gasteiger partial charge in [0.2, 0.25) is 0 Å². The van der Waals surface area contributed by atoms with E-state index in [-0.39, 0.29) is 6.61 Å². The standard InChI is InChI=1S/C13H27NO2/c1-11-5-3-6-13(12(11)2)14-7-4-9-16-10-8-15/h11-15H,3-10H2,1-2H3. The van der Waals surface area contributed by atoms with Crippen LogP contribution in [-0.4, -0.2) is 37.5 Å². The molecule has 0 aromatic rings. The summed E-state index contributed by atoms with van der Waals surface area (Å²) in [6.45, 7) is 7.12. The van der Waals surface area contributed by atoms with Gasteiger partial charge in [0.05, 0.1) is 13.2 Å². The summed E-state index contributed by atoms with van der Waals surface area (Å²) >= 11 is 0. The van der Waals surface area contributed by atoms with Crippen LogP contribution in [0.15, 0.2) is 0 Å². The number of hydrogen-bond donors (Lipinski definition) is 2. The Balaban J connectivity index is 2.03. The number of aliphatic hydroxyl groups excluding tert-OH is 1. The van der Waals surface area contributed by atoms with Crippen LogP contribution >= 0.6 is 0 Å². The van der Waals surface area contributed by atoms with Crippen LogP contribution in [0.25, 0.3) is 0 Å². The first-order valence-electron chi connectivity index (χ1n) is 6.67. The maximum atomic E-state index is 8.55. The summed E-state index contributed by atoms with van der Waals surface area (Å²) in [6.07, 6.45) is 5.11. The third kappa shape index (κ3) is 4.81. The first-order chi connectivity index (χ1) is 7.75. The molecule has 2 N–H and O–H groups in total. The molecule has 3 atom stereocenters. The molecule has 3 heteroatoms. The van der Waals surface area contributed by atoms with E-state index in [0.29, 0.717) is 12.6 Å². The number of rotatable bonds is 7. The third-order valence-electron chi connectivity index (χ3n) is 3.81. The average molecular weight is 229 g/mol. The van der Waals surface area contributed by atoms with E-state index < -0.39 is 0 Å². The highest BCUT2D eigenvalue weighted by Gasteiger charge is 2.26. The fourth-order valence-electron chi connectivity index (χ4n) is 2.50. The summed E-state index contributed by atoms with van der Waals surface area (Å²) in [4.78, 5) is 0. The topological polar surface area (TPSA) is 41.5 Å². The van der Waals surface area contributed by atoms with Gasteiger partial charge in [-0.3, -0.25) is 0 Å². The van der Waals surface area contributed by atoms with Gasteiger partial charge in [0, 0.05) is 12.6 Å². The summed E-state index contributed by atoms with van der Waals surface area (Å²) < 4.78 is 5.23. The maximum absolute atomic E-state index is 8.55. The van der Waals surface area contributed by atoms with Crippen LogP contribution in [0.3, 0.4) is 0 Å². The summed E-state index contributed by atoms with van der Waals surface area (Å²) in [5.74, 6) is 1.66. The van der Waals surface area contributed by atoms with Crippen LogP contribution < -0.4 is 5.32 Å². The molecule has 0 aliphatic heterocycles. The van der Waals surface area contributed by atoms with Gasteiger partial charge in [-0.25, -0.2) is 0 Å². The van der Waals surface area contributed by atoms with Crippen molar-refractivity contribution < 1.29 is 9.84 Å². The van der Waals surface area contributed by atoms with E-state index in [9.17, 15) is 0 Å². The minimum Gasteiger partial charge on any atom is -0.394 e. The molecule has 0 heterocycles. The van der Waals surface area contributed by atoms with Crippen molar-refractivity contribution in [1.29, 1.82) is 0 Å². The van der Waals surface area contributed by atoms with Crippen LogP contribution in [0.2, 0.25) is 0 Å². The van der Waals surface area contributed by atoms with Crippen molar-refractivity contribution >= 4 is 0 Å². The second-order valence-corrected chi connectivity index (χ2v) is 5.02. The zero-order valence-corrected chi connectivity index (χ0v) is 10.7. The lowest BCUT2D eigenvalue weighted by molar-refractivity contribution is 0.0892. The molecule has 96 valence electrons. The Bertz CT molecular complexity index is 175. The molecule has 3 nitrogen and oxygen atoms in total. The summed E-state index contributed by atoms with van der Waals surface area (Å²) in [5, 5.41) is 12.2. The molecule has 0 amide bonds. The van der Waals surface area contributed by atoms with Gasteiger partial charge in [-0.15, -0.1) is 0 Å². The van der Waals surface area contributed by atoms with Crippen molar-refractivity contribution in [3.63, 3.8) is 0 Å². The molecule has 1 saturated carbocycles. The molecule has 0 aromatic carbocycles. The van der Waals surface area contributed by atoms with Crippen LogP contribution in [0.5, 0.6) is 0 Å². The fraction of sp³-hybridized carbons (Fsp3) is 1.00. The predicted octanol–water partition coefficient (Wildman–Crippen LogP) is 1.80. The highest BCUT2D eigenvalue weighted by molar-refractivity contribution is 4.81. The Morgan fingerprint density at radius 3 is 2.81 bits per heavy atom. The number of hydrogen-bond acceptors (Lipinski definition) is 3. The molecule has 1 rings (SSSR count). The molecule has 0 aromatic heterocycles. The zero-order chi connectivity index (χ0) is 11.8. The second-order valence-electron chi connectivity index (χ2n) is 5.02. The van der Waals surface area contributed by atoms with E-state index in [4.69, 9.17) is 9.84 Å². The quantitative estimate of drug-likeness (QED) is 0.654. The largest absolute Gasteiger partial charge is 0.394 e. The fourth-order valence-corrected chi connectivity index (χ4v) is 2.50. The van der Waals surface area contributed by atoms with Gasteiger partial charge in [-0.1, -0.05) is 26.7 Å². The van der Waals surface area contributed by atoms with Crippen LogP contribution in [0, 0.1) is 11.8 Å². The number of ether oxygens (including phenoxy) is 1. The van der Waals surface area contributed by atoms with Crippen molar-refractivity contribution in [3.05, 3.63) is 0 Å². The van der Waals surface area contributed by atoms with E-state index in [2.05, 4.69) is 19.2 Å². The lowest BCUT2D eigenvalue weighted by atomic mass is 9.78. The average Bonchev–Trinajstić information content (AvgIpc) is 2.29. The lowest BCUT2D eigenvalue weighted by Crippen LogP contribution is -2.41. The summed E-state index contributed by atoms with van der Waals surface area (Å²) in [6, 6.07) is 0.696. The van der Waals surface area contributed by atoms with Gasteiger partial charge < -0.3 is 15.2 Å². The van der Waals surface area contributed by atoms with Gasteiger partial charge in [0.25, 0.3) is 0 Å². The van der Waals surface area contributed by atoms with Crippen molar-refractivity contribution in [2.24, 2.45) is 11.8 Å². The van der Waals surface area contributed by atoms with Crippen LogP contribution in [0.4, 0.5) is 0 Å². The van der Waals surface area contributed by atoms with E-state index >= 15 is 0 Å². The zero-order valence-electron chi connectivity index (χ0n) is 10.7. The first kappa shape index (κ1) is 13.9. The minimum absolute atomic E-state index is 0.130. The van der Waals surface area contributed by atoms with E-state index in [1.807, 2.05) is 0 Å². The van der Waals surface area contributed by atoms with E-state index in [0.717, 1.165) is 31.4 Å². The summed E-state index contributed by atoms with van der Waals surface area (Å²) in [5.41, 5.74) is 0. The van der Waals surface area contributed by atoms with Crippen molar-refractivity contribution in [3.8, 4) is 0 Å². The minimum atomic E-state index is 0.130. The van der Waals surface area contributed by atoms with E-state index in [1.165, 1.54) is 19.3 Å². The Morgan fingerprint density at radius 2 is 2.06 bits per heavy atom. The molecule has 0 bridgehead atoms. The molecule has 0 spiro atoms.